The summed E-state index contributed by atoms with van der Waals surface area (Å²) in [5.41, 5.74) is 6.13. The molecule has 1 amide bonds. The largest absolute Gasteiger partial charge is 0.508 e. The average molecular weight is 262 g/mol. The summed E-state index contributed by atoms with van der Waals surface area (Å²) in [6, 6.07) is 9.86. The summed E-state index contributed by atoms with van der Waals surface area (Å²) in [6.07, 6.45) is 0. The summed E-state index contributed by atoms with van der Waals surface area (Å²) >= 11 is 1.62. The average Bonchev–Trinajstić information content (AvgIpc) is 2.84. The predicted molar refractivity (Wildman–Crippen MR) is 71.2 cm³/mol. The van der Waals surface area contributed by atoms with Crippen LogP contribution in [0.25, 0.3) is 0 Å². The minimum Gasteiger partial charge on any atom is -0.508 e. The van der Waals surface area contributed by atoms with Crippen molar-refractivity contribution >= 4 is 17.2 Å². The number of amides is 1. The Morgan fingerprint density at radius 1 is 1.33 bits per heavy atom. The van der Waals surface area contributed by atoms with E-state index in [1.54, 1.807) is 23.5 Å². The normalized spacial score (nSPS) is 12.2. The van der Waals surface area contributed by atoms with Crippen LogP contribution in [0, 0.1) is 0 Å². The molecule has 0 saturated heterocycles. The number of carbonyl (C=O) groups is 1. The van der Waals surface area contributed by atoms with Gasteiger partial charge in [-0.25, -0.2) is 0 Å². The van der Waals surface area contributed by atoms with Crippen molar-refractivity contribution in [2.75, 3.05) is 0 Å². The van der Waals surface area contributed by atoms with Crippen molar-refractivity contribution in [2.45, 2.75) is 12.6 Å². The number of hydrogen-bond donors (Lipinski definition) is 3. The van der Waals surface area contributed by atoms with E-state index in [4.69, 9.17) is 5.73 Å². The van der Waals surface area contributed by atoms with Gasteiger partial charge in [-0.05, 0) is 29.1 Å². The third kappa shape index (κ3) is 3.09. The molecule has 0 fully saturated rings. The molecule has 1 atom stereocenters. The number of thiophene rings is 1. The summed E-state index contributed by atoms with van der Waals surface area (Å²) in [5.74, 6) is -0.266. The number of phenols is 1. The lowest BCUT2D eigenvalue weighted by Gasteiger charge is -2.15. The highest BCUT2D eigenvalue weighted by molar-refractivity contribution is 7.09. The summed E-state index contributed by atoms with van der Waals surface area (Å²) in [7, 11) is 0. The van der Waals surface area contributed by atoms with E-state index in [-0.39, 0.29) is 5.75 Å². The predicted octanol–water partition coefficient (Wildman–Crippen LogP) is 1.77. The quantitative estimate of drug-likeness (QED) is 0.768. The van der Waals surface area contributed by atoms with Gasteiger partial charge in [0, 0.05) is 11.4 Å². The van der Waals surface area contributed by atoms with Crippen molar-refractivity contribution in [3.63, 3.8) is 0 Å². The fraction of sp³-hybridized carbons (Fsp3) is 0.154. The van der Waals surface area contributed by atoms with Crippen molar-refractivity contribution in [2.24, 2.45) is 5.73 Å². The molecule has 5 heteroatoms. The number of hydrogen-bond acceptors (Lipinski definition) is 4. The lowest BCUT2D eigenvalue weighted by Crippen LogP contribution is -2.33. The molecular formula is C13H14N2O2S. The first-order valence-corrected chi connectivity index (χ1v) is 6.39. The molecule has 0 aliphatic carbocycles. The van der Waals surface area contributed by atoms with Gasteiger partial charge in [-0.1, -0.05) is 18.2 Å². The first-order chi connectivity index (χ1) is 8.66. The zero-order valence-electron chi connectivity index (χ0n) is 9.67. The molecular weight excluding hydrogens is 248 g/mol. The molecule has 94 valence electrons. The molecule has 0 bridgehead atoms. The summed E-state index contributed by atoms with van der Waals surface area (Å²) in [4.78, 5) is 12.6. The van der Waals surface area contributed by atoms with E-state index < -0.39 is 11.9 Å². The maximum absolute atomic E-state index is 11.4. The Kier molecular flexibility index (Phi) is 3.96. The highest BCUT2D eigenvalue weighted by Crippen LogP contribution is 2.18. The standard InChI is InChI=1S/C13H14N2O2S/c14-13(17)12(9-3-5-10(16)6-4-9)15-8-11-2-1-7-18-11/h1-7,12,15-16H,8H2,(H2,14,17). The molecule has 1 aromatic carbocycles. The van der Waals surface area contributed by atoms with Gasteiger partial charge in [0.05, 0.1) is 0 Å². The Morgan fingerprint density at radius 2 is 2.06 bits per heavy atom. The molecule has 1 heterocycles. The first kappa shape index (κ1) is 12.6. The number of aromatic hydroxyl groups is 1. The summed E-state index contributed by atoms with van der Waals surface area (Å²) < 4.78 is 0. The van der Waals surface area contributed by atoms with Crippen LogP contribution in [-0.2, 0) is 11.3 Å². The fourth-order valence-corrected chi connectivity index (χ4v) is 2.32. The molecule has 0 radical (unpaired) electrons. The van der Waals surface area contributed by atoms with Crippen LogP contribution >= 0.6 is 11.3 Å². The van der Waals surface area contributed by atoms with Crippen LogP contribution in [0.2, 0.25) is 0 Å². The van der Waals surface area contributed by atoms with E-state index in [0.29, 0.717) is 6.54 Å². The smallest absolute Gasteiger partial charge is 0.239 e. The highest BCUT2D eigenvalue weighted by atomic mass is 32.1. The fourth-order valence-electron chi connectivity index (χ4n) is 1.67. The monoisotopic (exact) mass is 262 g/mol. The van der Waals surface area contributed by atoms with Crippen LogP contribution in [0.15, 0.2) is 41.8 Å². The van der Waals surface area contributed by atoms with Gasteiger partial charge in [-0.15, -0.1) is 11.3 Å². The van der Waals surface area contributed by atoms with Gasteiger partial charge in [0.1, 0.15) is 11.8 Å². The second-order valence-electron chi connectivity index (χ2n) is 3.89. The van der Waals surface area contributed by atoms with Gasteiger partial charge in [-0.2, -0.15) is 0 Å². The van der Waals surface area contributed by atoms with Gasteiger partial charge in [0.2, 0.25) is 5.91 Å². The molecule has 0 aliphatic rings. The van der Waals surface area contributed by atoms with E-state index in [1.165, 1.54) is 12.1 Å². The van der Waals surface area contributed by atoms with E-state index in [9.17, 15) is 9.90 Å². The molecule has 4 N–H and O–H groups in total. The molecule has 0 spiro atoms. The van der Waals surface area contributed by atoms with Crippen LogP contribution in [0.4, 0.5) is 0 Å². The number of nitrogens with two attached hydrogens (primary N) is 1. The first-order valence-electron chi connectivity index (χ1n) is 5.51. The Hall–Kier alpha value is -1.85. The van der Waals surface area contributed by atoms with Crippen LogP contribution in [0.3, 0.4) is 0 Å². The molecule has 2 rings (SSSR count). The molecule has 2 aromatic rings. The van der Waals surface area contributed by atoms with E-state index in [0.717, 1.165) is 10.4 Å². The topological polar surface area (TPSA) is 75.4 Å². The van der Waals surface area contributed by atoms with Gasteiger partial charge in [0.25, 0.3) is 0 Å². The SMILES string of the molecule is NC(=O)C(NCc1cccs1)c1ccc(O)cc1. The lowest BCUT2D eigenvalue weighted by atomic mass is 10.1. The maximum atomic E-state index is 11.4. The minimum absolute atomic E-state index is 0.167. The Balaban J connectivity index is 2.08. The zero-order valence-corrected chi connectivity index (χ0v) is 10.5. The molecule has 1 unspecified atom stereocenters. The van der Waals surface area contributed by atoms with Gasteiger partial charge in [0.15, 0.2) is 0 Å². The lowest BCUT2D eigenvalue weighted by molar-refractivity contribution is -0.120. The van der Waals surface area contributed by atoms with Crippen LogP contribution in [0.1, 0.15) is 16.5 Å². The van der Waals surface area contributed by atoms with Crippen molar-refractivity contribution in [1.29, 1.82) is 0 Å². The van der Waals surface area contributed by atoms with E-state index >= 15 is 0 Å². The van der Waals surface area contributed by atoms with Crippen molar-refractivity contribution in [3.8, 4) is 5.75 Å². The Labute approximate surface area is 109 Å². The Bertz CT molecular complexity index is 508. The Morgan fingerprint density at radius 3 is 2.61 bits per heavy atom. The summed E-state index contributed by atoms with van der Waals surface area (Å²) in [5, 5.41) is 14.3. The van der Waals surface area contributed by atoms with Crippen molar-refractivity contribution in [3.05, 3.63) is 52.2 Å². The second kappa shape index (κ2) is 5.66. The number of carbonyl (C=O) groups excluding carboxylic acids is 1. The van der Waals surface area contributed by atoms with Crippen LogP contribution in [-0.4, -0.2) is 11.0 Å². The number of benzene rings is 1. The third-order valence-electron chi connectivity index (χ3n) is 2.57. The number of rotatable bonds is 5. The summed E-state index contributed by atoms with van der Waals surface area (Å²) in [6.45, 7) is 0.589. The van der Waals surface area contributed by atoms with Gasteiger partial charge < -0.3 is 10.8 Å². The number of nitrogens with one attached hydrogen (secondary N) is 1. The molecule has 0 saturated carbocycles. The zero-order chi connectivity index (χ0) is 13.0. The number of phenolic OH excluding ortho intramolecular Hbond substituents is 1. The molecule has 4 nitrogen and oxygen atoms in total. The van der Waals surface area contributed by atoms with Gasteiger partial charge >= 0.3 is 0 Å². The van der Waals surface area contributed by atoms with Crippen LogP contribution < -0.4 is 11.1 Å². The van der Waals surface area contributed by atoms with Crippen molar-refractivity contribution < 1.29 is 9.90 Å². The van der Waals surface area contributed by atoms with E-state index in [1.807, 2.05) is 17.5 Å². The molecule has 0 aliphatic heterocycles. The molecule has 1 aromatic heterocycles. The molecule has 18 heavy (non-hydrogen) atoms. The van der Waals surface area contributed by atoms with Crippen LogP contribution in [0.5, 0.6) is 5.75 Å². The third-order valence-corrected chi connectivity index (χ3v) is 3.45. The van der Waals surface area contributed by atoms with Gasteiger partial charge in [-0.3, -0.25) is 10.1 Å². The minimum atomic E-state index is -0.548. The second-order valence-corrected chi connectivity index (χ2v) is 4.92. The maximum Gasteiger partial charge on any atom is 0.239 e. The highest BCUT2D eigenvalue weighted by Gasteiger charge is 2.17. The van der Waals surface area contributed by atoms with E-state index in [2.05, 4.69) is 5.32 Å². The van der Waals surface area contributed by atoms with Crippen molar-refractivity contribution in [1.82, 2.24) is 5.32 Å². The number of primary amides is 1.